The molecule has 0 bridgehead atoms. The van der Waals surface area contributed by atoms with Crippen LogP contribution in [0.1, 0.15) is 49.2 Å². The van der Waals surface area contributed by atoms with Crippen molar-refractivity contribution in [3.05, 3.63) is 71.3 Å². The van der Waals surface area contributed by atoms with Gasteiger partial charge in [0.05, 0.1) is 13.0 Å². The van der Waals surface area contributed by atoms with Crippen LogP contribution in [0, 0.1) is 5.92 Å². The number of benzene rings is 2. The molecule has 0 radical (unpaired) electrons. The number of hydrogen-bond donors (Lipinski definition) is 0. The van der Waals surface area contributed by atoms with Gasteiger partial charge in [-0.3, -0.25) is 9.59 Å². The first kappa shape index (κ1) is 21.7. The second-order valence-corrected chi connectivity index (χ2v) is 8.24. The summed E-state index contributed by atoms with van der Waals surface area (Å²) in [6.45, 7) is 9.11. The van der Waals surface area contributed by atoms with Gasteiger partial charge >= 0.3 is 5.97 Å². The van der Waals surface area contributed by atoms with Crippen molar-refractivity contribution in [2.24, 2.45) is 5.92 Å². The fraction of sp³-hybridized carbons (Fsp3) is 0.417. The van der Waals surface area contributed by atoms with Crippen LogP contribution < -0.4 is 0 Å². The van der Waals surface area contributed by atoms with Crippen LogP contribution >= 0.6 is 0 Å². The maximum Gasteiger partial charge on any atom is 0.310 e. The average Bonchev–Trinajstić information content (AvgIpc) is 2.70. The van der Waals surface area contributed by atoms with E-state index in [4.69, 9.17) is 4.74 Å². The molecule has 4 heteroatoms. The Morgan fingerprint density at radius 3 is 2.14 bits per heavy atom. The normalized spacial score (nSPS) is 12.3. The molecule has 0 spiro atoms. The minimum absolute atomic E-state index is 0.0357. The quantitative estimate of drug-likeness (QED) is 0.665. The van der Waals surface area contributed by atoms with Crippen LogP contribution in [0.25, 0.3) is 0 Å². The van der Waals surface area contributed by atoms with Crippen molar-refractivity contribution in [3.8, 4) is 0 Å². The molecule has 2 aromatic rings. The molecular weight excluding hydrogens is 350 g/mol. The molecule has 0 fully saturated rings. The molecule has 0 saturated heterocycles. The van der Waals surface area contributed by atoms with Gasteiger partial charge in [0.1, 0.15) is 0 Å². The smallest absolute Gasteiger partial charge is 0.310 e. The standard InChI is InChI=1S/C24H31NO3/c1-18(23(27)28-5)17-25(16-15-19-9-7-6-8-10-19)22(26)20-11-13-21(14-12-20)24(2,3)4/h6-14,18H,15-17H2,1-5H3. The Bertz CT molecular complexity index is 776. The third-order valence-corrected chi connectivity index (χ3v) is 4.90. The number of amides is 1. The highest BCUT2D eigenvalue weighted by Gasteiger charge is 2.23. The molecule has 4 nitrogen and oxygen atoms in total. The predicted octanol–water partition coefficient (Wildman–Crippen LogP) is 4.48. The fourth-order valence-corrected chi connectivity index (χ4v) is 3.09. The zero-order chi connectivity index (χ0) is 20.7. The van der Waals surface area contributed by atoms with Crippen LogP contribution in [-0.2, 0) is 21.4 Å². The van der Waals surface area contributed by atoms with Gasteiger partial charge in [-0.1, -0.05) is 70.2 Å². The summed E-state index contributed by atoms with van der Waals surface area (Å²) >= 11 is 0. The summed E-state index contributed by atoms with van der Waals surface area (Å²) in [4.78, 5) is 26.8. The van der Waals surface area contributed by atoms with E-state index in [9.17, 15) is 9.59 Å². The predicted molar refractivity (Wildman–Crippen MR) is 112 cm³/mol. The second kappa shape index (κ2) is 9.54. The van der Waals surface area contributed by atoms with E-state index in [2.05, 4.69) is 20.8 Å². The lowest BCUT2D eigenvalue weighted by atomic mass is 9.86. The summed E-state index contributed by atoms with van der Waals surface area (Å²) < 4.78 is 4.84. The summed E-state index contributed by atoms with van der Waals surface area (Å²) in [5.41, 5.74) is 3.02. The lowest BCUT2D eigenvalue weighted by molar-refractivity contribution is -0.145. The molecular formula is C24H31NO3. The summed E-state index contributed by atoms with van der Waals surface area (Å²) in [6, 6.07) is 17.8. The zero-order valence-corrected chi connectivity index (χ0v) is 17.6. The van der Waals surface area contributed by atoms with Crippen molar-refractivity contribution in [2.45, 2.75) is 39.5 Å². The molecule has 1 atom stereocenters. The molecule has 0 saturated carbocycles. The van der Waals surface area contributed by atoms with E-state index in [0.717, 1.165) is 12.0 Å². The highest BCUT2D eigenvalue weighted by molar-refractivity contribution is 5.94. The van der Waals surface area contributed by atoms with Crippen LogP contribution in [0.2, 0.25) is 0 Å². The van der Waals surface area contributed by atoms with Crippen LogP contribution in [0.15, 0.2) is 54.6 Å². The summed E-state index contributed by atoms with van der Waals surface area (Å²) in [5.74, 6) is -0.744. The lowest BCUT2D eigenvalue weighted by Gasteiger charge is -2.26. The molecule has 1 amide bonds. The largest absolute Gasteiger partial charge is 0.469 e. The van der Waals surface area contributed by atoms with E-state index < -0.39 is 0 Å². The minimum atomic E-state index is -0.376. The van der Waals surface area contributed by atoms with Gasteiger partial charge in [0.25, 0.3) is 5.91 Å². The van der Waals surface area contributed by atoms with Gasteiger partial charge in [0, 0.05) is 18.7 Å². The first-order valence-corrected chi connectivity index (χ1v) is 9.74. The van der Waals surface area contributed by atoms with E-state index in [1.54, 1.807) is 11.8 Å². The number of esters is 1. The molecule has 0 N–H and O–H groups in total. The first-order chi connectivity index (χ1) is 13.2. The summed E-state index contributed by atoms with van der Waals surface area (Å²) in [7, 11) is 1.38. The number of carbonyl (C=O) groups is 2. The lowest BCUT2D eigenvalue weighted by Crippen LogP contribution is -2.38. The van der Waals surface area contributed by atoms with Crippen LogP contribution in [0.5, 0.6) is 0 Å². The topological polar surface area (TPSA) is 46.6 Å². The molecule has 0 aliphatic rings. The second-order valence-electron chi connectivity index (χ2n) is 8.24. The number of methoxy groups -OCH3 is 1. The first-order valence-electron chi connectivity index (χ1n) is 9.74. The van der Waals surface area contributed by atoms with Gasteiger partial charge in [-0.2, -0.15) is 0 Å². The number of hydrogen-bond acceptors (Lipinski definition) is 3. The number of rotatable bonds is 7. The number of ether oxygens (including phenoxy) is 1. The van der Waals surface area contributed by atoms with E-state index in [0.29, 0.717) is 18.7 Å². The monoisotopic (exact) mass is 381 g/mol. The molecule has 28 heavy (non-hydrogen) atoms. The van der Waals surface area contributed by atoms with E-state index in [-0.39, 0.29) is 23.2 Å². The molecule has 150 valence electrons. The van der Waals surface area contributed by atoms with Crippen LogP contribution in [0.4, 0.5) is 0 Å². The summed E-state index contributed by atoms with van der Waals surface area (Å²) in [5, 5.41) is 0. The highest BCUT2D eigenvalue weighted by atomic mass is 16.5. The van der Waals surface area contributed by atoms with Gasteiger partial charge in [-0.15, -0.1) is 0 Å². The Morgan fingerprint density at radius 1 is 1.00 bits per heavy atom. The Morgan fingerprint density at radius 2 is 1.61 bits per heavy atom. The van der Waals surface area contributed by atoms with E-state index in [1.807, 2.05) is 54.6 Å². The van der Waals surface area contributed by atoms with Crippen molar-refractivity contribution < 1.29 is 14.3 Å². The molecule has 2 rings (SSSR count). The van der Waals surface area contributed by atoms with Crippen molar-refractivity contribution >= 4 is 11.9 Å². The van der Waals surface area contributed by atoms with Gasteiger partial charge in [0.15, 0.2) is 0 Å². The maximum absolute atomic E-state index is 13.1. The Kier molecular flexibility index (Phi) is 7.38. The van der Waals surface area contributed by atoms with Crippen molar-refractivity contribution in [2.75, 3.05) is 20.2 Å². The third-order valence-electron chi connectivity index (χ3n) is 4.90. The molecule has 2 aromatic carbocycles. The van der Waals surface area contributed by atoms with Crippen molar-refractivity contribution in [3.63, 3.8) is 0 Å². The fourth-order valence-electron chi connectivity index (χ4n) is 3.09. The van der Waals surface area contributed by atoms with E-state index in [1.165, 1.54) is 12.7 Å². The average molecular weight is 382 g/mol. The van der Waals surface area contributed by atoms with Gasteiger partial charge in [-0.05, 0) is 35.1 Å². The van der Waals surface area contributed by atoms with Gasteiger partial charge in [-0.25, -0.2) is 0 Å². The number of nitrogens with zero attached hydrogens (tertiary/aromatic N) is 1. The maximum atomic E-state index is 13.1. The Labute approximate surface area is 168 Å². The Balaban J connectivity index is 2.18. The number of carbonyl (C=O) groups excluding carboxylic acids is 2. The molecule has 0 heterocycles. The zero-order valence-electron chi connectivity index (χ0n) is 17.6. The summed E-state index contributed by atoms with van der Waals surface area (Å²) in [6.07, 6.45) is 0.737. The minimum Gasteiger partial charge on any atom is -0.469 e. The SMILES string of the molecule is COC(=O)C(C)CN(CCc1ccccc1)C(=O)c1ccc(C(C)(C)C)cc1. The Hall–Kier alpha value is -2.62. The molecule has 1 unspecified atom stereocenters. The van der Waals surface area contributed by atoms with Gasteiger partial charge < -0.3 is 9.64 Å². The van der Waals surface area contributed by atoms with E-state index >= 15 is 0 Å². The third kappa shape index (κ3) is 5.95. The van der Waals surface area contributed by atoms with Crippen LogP contribution in [0.3, 0.4) is 0 Å². The van der Waals surface area contributed by atoms with Crippen LogP contribution in [-0.4, -0.2) is 37.0 Å². The highest BCUT2D eigenvalue weighted by Crippen LogP contribution is 2.22. The molecule has 0 aromatic heterocycles. The molecule has 0 aliphatic heterocycles. The van der Waals surface area contributed by atoms with Crippen molar-refractivity contribution in [1.82, 2.24) is 4.90 Å². The van der Waals surface area contributed by atoms with Gasteiger partial charge in [0.2, 0.25) is 0 Å². The van der Waals surface area contributed by atoms with Crippen molar-refractivity contribution in [1.29, 1.82) is 0 Å². The molecule has 0 aliphatic carbocycles.